The lowest BCUT2D eigenvalue weighted by Crippen LogP contribution is -2.57. The monoisotopic (exact) mass is 471 g/mol. The van der Waals surface area contributed by atoms with Gasteiger partial charge in [-0.3, -0.25) is 4.90 Å². The van der Waals surface area contributed by atoms with E-state index in [0.29, 0.717) is 31.0 Å². The van der Waals surface area contributed by atoms with Gasteiger partial charge in [0.2, 0.25) is 5.88 Å². The lowest BCUT2D eigenvalue weighted by Gasteiger charge is -2.46. The predicted octanol–water partition coefficient (Wildman–Crippen LogP) is 3.60. The zero-order chi connectivity index (χ0) is 23.5. The summed E-state index contributed by atoms with van der Waals surface area (Å²) in [5.41, 5.74) is 1.77. The molecule has 2 atom stereocenters. The van der Waals surface area contributed by atoms with E-state index in [1.165, 1.54) is 6.33 Å². The Bertz CT molecular complexity index is 1260. The number of benzene rings is 1. The van der Waals surface area contributed by atoms with E-state index in [0.717, 1.165) is 67.3 Å². The van der Waals surface area contributed by atoms with E-state index in [1.54, 1.807) is 6.20 Å². The van der Waals surface area contributed by atoms with Gasteiger partial charge in [-0.1, -0.05) is 23.4 Å². The maximum Gasteiger partial charge on any atom is 0.213 e. The zero-order valence-electron chi connectivity index (χ0n) is 19.6. The molecular weight excluding hydrogens is 442 g/mol. The number of piperazine rings is 1. The summed E-state index contributed by atoms with van der Waals surface area (Å²) in [7, 11) is 0. The highest BCUT2D eigenvalue weighted by Gasteiger charge is 2.34. The highest BCUT2D eigenvalue weighted by molar-refractivity contribution is 5.88. The Hall–Kier alpha value is -3.72. The van der Waals surface area contributed by atoms with Crippen molar-refractivity contribution in [2.24, 2.45) is 5.92 Å². The molecule has 2 saturated heterocycles. The van der Waals surface area contributed by atoms with Crippen molar-refractivity contribution >= 4 is 22.6 Å². The largest absolute Gasteiger partial charge is 0.477 e. The number of nitrogens with one attached hydrogen (secondary N) is 1. The lowest BCUT2D eigenvalue weighted by atomic mass is 9.91. The molecule has 9 heteroatoms. The van der Waals surface area contributed by atoms with Crippen LogP contribution in [0.5, 0.6) is 5.88 Å². The summed E-state index contributed by atoms with van der Waals surface area (Å²) in [5, 5.41) is 8.73. The van der Waals surface area contributed by atoms with Crippen LogP contribution in [-0.2, 0) is 6.54 Å². The second kappa shape index (κ2) is 9.87. The standard InChI is InChI=1S/C26H29N7O2/c1-2-6-23-22(5-1)26(31-35-23)33-13-12-32-15-19(8-9-21(32)16-33)17-34-25-7-3-4-20(30-25)14-28-24-10-11-27-18-29-24/h1-7,10-11,18-19,21H,8-9,12-17H2,(H,27,28,29)/t19-,21-/m1/s1. The van der Waals surface area contributed by atoms with Gasteiger partial charge in [-0.05, 0) is 37.1 Å². The molecule has 0 radical (unpaired) electrons. The molecule has 2 aliphatic heterocycles. The van der Waals surface area contributed by atoms with Crippen molar-refractivity contribution < 1.29 is 9.26 Å². The Labute approximate surface area is 204 Å². The Balaban J connectivity index is 1.01. The number of fused-ring (bicyclic) bond motifs is 2. The maximum atomic E-state index is 6.12. The van der Waals surface area contributed by atoms with Crippen molar-refractivity contribution in [2.45, 2.75) is 25.4 Å². The third-order valence-electron chi connectivity index (χ3n) is 6.94. The van der Waals surface area contributed by atoms with Crippen LogP contribution in [0, 0.1) is 5.92 Å². The first-order valence-electron chi connectivity index (χ1n) is 12.2. The van der Waals surface area contributed by atoms with Crippen molar-refractivity contribution in [1.82, 2.24) is 25.0 Å². The minimum absolute atomic E-state index is 0.510. The summed E-state index contributed by atoms with van der Waals surface area (Å²) in [6.45, 7) is 5.33. The Morgan fingerprint density at radius 2 is 2.00 bits per heavy atom. The number of aromatic nitrogens is 4. The molecule has 1 N–H and O–H groups in total. The first-order valence-corrected chi connectivity index (χ1v) is 12.2. The number of hydrogen-bond acceptors (Lipinski definition) is 9. The zero-order valence-corrected chi connectivity index (χ0v) is 19.6. The summed E-state index contributed by atoms with van der Waals surface area (Å²) in [6, 6.07) is 16.4. The summed E-state index contributed by atoms with van der Waals surface area (Å²) >= 11 is 0. The van der Waals surface area contributed by atoms with Gasteiger partial charge in [0.15, 0.2) is 11.4 Å². The Kier molecular flexibility index (Phi) is 6.15. The van der Waals surface area contributed by atoms with Crippen LogP contribution >= 0.6 is 0 Å². The molecule has 0 unspecified atom stereocenters. The van der Waals surface area contributed by atoms with Crippen LogP contribution in [0.25, 0.3) is 11.0 Å². The van der Waals surface area contributed by atoms with Gasteiger partial charge in [0.05, 0.1) is 24.2 Å². The van der Waals surface area contributed by atoms with Gasteiger partial charge < -0.3 is 19.5 Å². The number of para-hydroxylation sites is 1. The molecule has 0 amide bonds. The van der Waals surface area contributed by atoms with Crippen LogP contribution < -0.4 is 15.0 Å². The fourth-order valence-electron chi connectivity index (χ4n) is 5.10. The number of rotatable bonds is 7. The fourth-order valence-corrected chi connectivity index (χ4v) is 5.10. The molecular formula is C26H29N7O2. The average molecular weight is 472 g/mol. The molecule has 180 valence electrons. The third kappa shape index (κ3) is 4.90. The van der Waals surface area contributed by atoms with Crippen molar-refractivity contribution in [1.29, 1.82) is 0 Å². The molecule has 2 aliphatic rings. The van der Waals surface area contributed by atoms with Crippen molar-refractivity contribution in [3.63, 3.8) is 0 Å². The van der Waals surface area contributed by atoms with E-state index >= 15 is 0 Å². The second-order valence-corrected chi connectivity index (χ2v) is 9.27. The Morgan fingerprint density at radius 1 is 1.03 bits per heavy atom. The smallest absolute Gasteiger partial charge is 0.213 e. The highest BCUT2D eigenvalue weighted by atomic mass is 16.5. The van der Waals surface area contributed by atoms with Gasteiger partial charge in [-0.25, -0.2) is 15.0 Å². The highest BCUT2D eigenvalue weighted by Crippen LogP contribution is 2.31. The van der Waals surface area contributed by atoms with Gasteiger partial charge in [-0.15, -0.1) is 0 Å². The summed E-state index contributed by atoms with van der Waals surface area (Å²) in [4.78, 5) is 17.8. The number of anilines is 2. The van der Waals surface area contributed by atoms with E-state index < -0.39 is 0 Å². The van der Waals surface area contributed by atoms with Crippen LogP contribution in [0.3, 0.4) is 0 Å². The molecule has 3 aromatic heterocycles. The second-order valence-electron chi connectivity index (χ2n) is 9.27. The lowest BCUT2D eigenvalue weighted by molar-refractivity contribution is 0.0716. The first-order chi connectivity index (χ1) is 17.3. The van der Waals surface area contributed by atoms with Gasteiger partial charge in [-0.2, -0.15) is 0 Å². The summed E-state index contributed by atoms with van der Waals surface area (Å²) < 4.78 is 11.7. The molecule has 6 rings (SSSR count). The van der Waals surface area contributed by atoms with Crippen molar-refractivity contribution in [3.05, 3.63) is 66.7 Å². The number of pyridine rings is 1. The third-order valence-corrected chi connectivity index (χ3v) is 6.94. The van der Waals surface area contributed by atoms with Crippen LogP contribution in [0.1, 0.15) is 18.5 Å². The summed E-state index contributed by atoms with van der Waals surface area (Å²) in [6.07, 6.45) is 5.56. The van der Waals surface area contributed by atoms with E-state index in [1.807, 2.05) is 42.5 Å². The SMILES string of the molecule is c1cc(CNc2ccncn2)nc(OC[C@@H]2CC[C@@H]3CN(c4noc5ccccc45)CCN3C2)c1. The topological polar surface area (TPSA) is 92.4 Å². The molecule has 4 aromatic rings. The van der Waals surface area contributed by atoms with Gasteiger partial charge in [0.25, 0.3) is 0 Å². The Morgan fingerprint density at radius 3 is 2.94 bits per heavy atom. The molecule has 5 heterocycles. The molecule has 2 fully saturated rings. The molecule has 0 spiro atoms. The number of hydrogen-bond donors (Lipinski definition) is 1. The van der Waals surface area contributed by atoms with E-state index in [4.69, 9.17) is 9.26 Å². The molecule has 1 aromatic carbocycles. The predicted molar refractivity (Wildman–Crippen MR) is 133 cm³/mol. The maximum absolute atomic E-state index is 6.12. The van der Waals surface area contributed by atoms with Gasteiger partial charge in [0.1, 0.15) is 12.1 Å². The minimum Gasteiger partial charge on any atom is -0.477 e. The quantitative estimate of drug-likeness (QED) is 0.434. The molecule has 0 aliphatic carbocycles. The van der Waals surface area contributed by atoms with Crippen LogP contribution in [-0.4, -0.2) is 63.8 Å². The van der Waals surface area contributed by atoms with Crippen molar-refractivity contribution in [2.75, 3.05) is 43.0 Å². The molecule has 0 saturated carbocycles. The van der Waals surface area contributed by atoms with Crippen molar-refractivity contribution in [3.8, 4) is 5.88 Å². The van der Waals surface area contributed by atoms with Crippen LogP contribution in [0.15, 0.2) is 65.6 Å². The molecule has 35 heavy (non-hydrogen) atoms. The number of nitrogens with zero attached hydrogens (tertiary/aromatic N) is 6. The van der Waals surface area contributed by atoms with Crippen LogP contribution in [0.4, 0.5) is 11.6 Å². The van der Waals surface area contributed by atoms with Crippen LogP contribution in [0.2, 0.25) is 0 Å². The summed E-state index contributed by atoms with van der Waals surface area (Å²) in [5.74, 6) is 2.94. The van der Waals surface area contributed by atoms with E-state index in [9.17, 15) is 0 Å². The van der Waals surface area contributed by atoms with Gasteiger partial charge in [0, 0.05) is 50.4 Å². The van der Waals surface area contributed by atoms with E-state index in [2.05, 4.69) is 41.3 Å². The average Bonchev–Trinajstić information content (AvgIpc) is 3.35. The number of ether oxygens (including phenoxy) is 1. The van der Waals surface area contributed by atoms with Gasteiger partial charge >= 0.3 is 0 Å². The normalized spacial score (nSPS) is 20.5. The molecule has 0 bridgehead atoms. The van der Waals surface area contributed by atoms with E-state index in [-0.39, 0.29) is 0 Å². The number of piperidine rings is 1. The fraction of sp³-hybridized carbons (Fsp3) is 0.385. The minimum atomic E-state index is 0.510. The molecule has 9 nitrogen and oxygen atoms in total. The first kappa shape index (κ1) is 21.8.